The fraction of sp³-hybridized carbons (Fsp3) is 0. The van der Waals surface area contributed by atoms with Crippen LogP contribution in [0.25, 0.3) is 11.4 Å². The summed E-state index contributed by atoms with van der Waals surface area (Å²) in [7, 11) is 0. The number of hydrogen-bond acceptors (Lipinski definition) is 5. The number of nitrogens with zero attached hydrogens (tertiary/aromatic N) is 3. The molecule has 2 N–H and O–H groups in total. The quantitative estimate of drug-likeness (QED) is 0.769. The van der Waals surface area contributed by atoms with Crippen LogP contribution in [0, 0.1) is 5.82 Å². The zero-order chi connectivity index (χ0) is 15.5. The number of hydrogen-bond donors (Lipinski definition) is 2. The maximum atomic E-state index is 13.9. The van der Waals surface area contributed by atoms with Crippen molar-refractivity contribution in [3.63, 3.8) is 0 Å². The first-order valence-corrected chi connectivity index (χ1v) is 6.70. The van der Waals surface area contributed by atoms with Crippen molar-refractivity contribution in [1.29, 1.82) is 0 Å². The molecule has 0 saturated carbocycles. The molecule has 0 atom stereocenters. The van der Waals surface area contributed by atoms with Crippen LogP contribution in [-0.4, -0.2) is 20.1 Å². The normalized spacial score (nSPS) is 10.5. The smallest absolute Gasteiger partial charge is 0.177 e. The van der Waals surface area contributed by atoms with Gasteiger partial charge < -0.3 is 10.4 Å². The van der Waals surface area contributed by atoms with E-state index in [4.69, 9.17) is 11.6 Å². The standard InChI is InChI=1S/C15H10ClFN4O/c16-9-1-2-12(17)11(7-9)14-19-8-13(22)15(21-14)20-10-3-5-18-6-4-10/h1-8,22H,(H,18,19,20,21). The fourth-order valence-electron chi connectivity index (χ4n) is 1.84. The van der Waals surface area contributed by atoms with E-state index < -0.39 is 5.82 Å². The summed E-state index contributed by atoms with van der Waals surface area (Å²) in [6.07, 6.45) is 4.39. The summed E-state index contributed by atoms with van der Waals surface area (Å²) in [5, 5.41) is 13.1. The van der Waals surface area contributed by atoms with E-state index in [1.807, 2.05) is 0 Å². The molecule has 22 heavy (non-hydrogen) atoms. The van der Waals surface area contributed by atoms with Crippen LogP contribution in [-0.2, 0) is 0 Å². The topological polar surface area (TPSA) is 70.9 Å². The average Bonchev–Trinajstić information content (AvgIpc) is 2.53. The van der Waals surface area contributed by atoms with Gasteiger partial charge in [0.25, 0.3) is 0 Å². The van der Waals surface area contributed by atoms with E-state index in [2.05, 4.69) is 20.3 Å². The highest BCUT2D eigenvalue weighted by Gasteiger charge is 2.12. The Balaban J connectivity index is 2.01. The summed E-state index contributed by atoms with van der Waals surface area (Å²) >= 11 is 5.87. The summed E-state index contributed by atoms with van der Waals surface area (Å²) in [5.74, 6) is -0.363. The minimum absolute atomic E-state index is 0.120. The van der Waals surface area contributed by atoms with Crippen molar-refractivity contribution in [3.8, 4) is 17.1 Å². The molecule has 0 unspecified atom stereocenters. The van der Waals surface area contributed by atoms with Crippen molar-refractivity contribution >= 4 is 23.1 Å². The van der Waals surface area contributed by atoms with Crippen molar-refractivity contribution in [2.75, 3.05) is 5.32 Å². The summed E-state index contributed by atoms with van der Waals surface area (Å²) < 4.78 is 13.9. The molecule has 2 heterocycles. The van der Waals surface area contributed by atoms with Gasteiger partial charge in [0.2, 0.25) is 0 Å². The molecule has 3 aromatic rings. The number of halogens is 2. The van der Waals surface area contributed by atoms with E-state index in [1.54, 1.807) is 24.5 Å². The van der Waals surface area contributed by atoms with Crippen LogP contribution in [0.2, 0.25) is 5.02 Å². The summed E-state index contributed by atoms with van der Waals surface area (Å²) in [4.78, 5) is 12.0. The molecular weight excluding hydrogens is 307 g/mol. The molecule has 0 radical (unpaired) electrons. The van der Waals surface area contributed by atoms with E-state index in [9.17, 15) is 9.50 Å². The monoisotopic (exact) mass is 316 g/mol. The molecule has 2 aromatic heterocycles. The highest BCUT2D eigenvalue weighted by molar-refractivity contribution is 6.30. The lowest BCUT2D eigenvalue weighted by Crippen LogP contribution is -1.99. The average molecular weight is 317 g/mol. The highest BCUT2D eigenvalue weighted by atomic mass is 35.5. The van der Waals surface area contributed by atoms with Crippen LogP contribution in [0.1, 0.15) is 0 Å². The molecular formula is C15H10ClFN4O. The van der Waals surface area contributed by atoms with Gasteiger partial charge >= 0.3 is 0 Å². The Hall–Kier alpha value is -2.73. The summed E-state index contributed by atoms with van der Waals surface area (Å²) in [6, 6.07) is 7.53. The minimum atomic E-state index is -0.495. The molecule has 5 nitrogen and oxygen atoms in total. The van der Waals surface area contributed by atoms with E-state index in [0.29, 0.717) is 10.7 Å². The van der Waals surface area contributed by atoms with Crippen molar-refractivity contribution in [2.24, 2.45) is 0 Å². The highest BCUT2D eigenvalue weighted by Crippen LogP contribution is 2.28. The predicted molar refractivity (Wildman–Crippen MR) is 81.6 cm³/mol. The Labute approximate surface area is 130 Å². The molecule has 1 aromatic carbocycles. The molecule has 0 saturated heterocycles. The van der Waals surface area contributed by atoms with Gasteiger partial charge in [0, 0.05) is 23.1 Å². The maximum absolute atomic E-state index is 13.9. The predicted octanol–water partition coefficient (Wildman–Crippen LogP) is 3.78. The second-order valence-electron chi connectivity index (χ2n) is 4.41. The van der Waals surface area contributed by atoms with E-state index in [-0.39, 0.29) is 23.0 Å². The Morgan fingerprint density at radius 1 is 1.14 bits per heavy atom. The minimum Gasteiger partial charge on any atom is -0.503 e. The molecule has 0 aliphatic rings. The number of nitrogens with one attached hydrogen (secondary N) is 1. The first-order chi connectivity index (χ1) is 10.6. The molecule has 3 rings (SSSR count). The lowest BCUT2D eigenvalue weighted by molar-refractivity contribution is 0.472. The third-order valence-electron chi connectivity index (χ3n) is 2.88. The van der Waals surface area contributed by atoms with Crippen molar-refractivity contribution in [3.05, 3.63) is 59.8 Å². The van der Waals surface area contributed by atoms with Crippen molar-refractivity contribution in [2.45, 2.75) is 0 Å². The lowest BCUT2D eigenvalue weighted by Gasteiger charge is -2.09. The van der Waals surface area contributed by atoms with Gasteiger partial charge in [0.05, 0.1) is 11.8 Å². The number of rotatable bonds is 3. The van der Waals surface area contributed by atoms with Crippen LogP contribution in [0.4, 0.5) is 15.9 Å². The zero-order valence-corrected chi connectivity index (χ0v) is 11.9. The van der Waals surface area contributed by atoms with Crippen molar-refractivity contribution in [1.82, 2.24) is 15.0 Å². The molecule has 110 valence electrons. The van der Waals surface area contributed by atoms with Gasteiger partial charge in [-0.05, 0) is 30.3 Å². The third kappa shape index (κ3) is 2.96. The molecule has 7 heteroatoms. The number of benzene rings is 1. The van der Waals surface area contributed by atoms with Gasteiger partial charge in [-0.25, -0.2) is 14.4 Å². The van der Waals surface area contributed by atoms with Crippen LogP contribution in [0.15, 0.2) is 48.9 Å². The maximum Gasteiger partial charge on any atom is 0.177 e. The number of aromatic hydroxyl groups is 1. The van der Waals surface area contributed by atoms with Gasteiger partial charge in [-0.15, -0.1) is 0 Å². The second-order valence-corrected chi connectivity index (χ2v) is 4.85. The Morgan fingerprint density at radius 3 is 2.68 bits per heavy atom. The molecule has 0 spiro atoms. The van der Waals surface area contributed by atoms with Crippen LogP contribution in [0.5, 0.6) is 5.75 Å². The van der Waals surface area contributed by atoms with E-state index in [1.165, 1.54) is 24.4 Å². The van der Waals surface area contributed by atoms with Crippen LogP contribution in [0.3, 0.4) is 0 Å². The summed E-state index contributed by atoms with van der Waals surface area (Å²) in [6.45, 7) is 0. The van der Waals surface area contributed by atoms with Gasteiger partial charge in [0.1, 0.15) is 5.82 Å². The first-order valence-electron chi connectivity index (χ1n) is 6.32. The van der Waals surface area contributed by atoms with Gasteiger partial charge in [-0.1, -0.05) is 11.6 Å². The summed E-state index contributed by atoms with van der Waals surface area (Å²) in [5.41, 5.74) is 0.840. The fourth-order valence-corrected chi connectivity index (χ4v) is 2.01. The van der Waals surface area contributed by atoms with Gasteiger partial charge in [-0.2, -0.15) is 0 Å². The second kappa shape index (κ2) is 5.95. The van der Waals surface area contributed by atoms with Gasteiger partial charge in [-0.3, -0.25) is 4.98 Å². The Bertz CT molecular complexity index is 814. The molecule has 0 aliphatic carbocycles. The molecule has 0 aliphatic heterocycles. The molecule has 0 fully saturated rings. The SMILES string of the molecule is Oc1cnc(-c2cc(Cl)ccc2F)nc1Nc1ccncc1. The number of pyridine rings is 1. The van der Waals surface area contributed by atoms with Gasteiger partial charge in [0.15, 0.2) is 17.4 Å². The van der Waals surface area contributed by atoms with Crippen LogP contribution < -0.4 is 5.32 Å². The van der Waals surface area contributed by atoms with Crippen LogP contribution >= 0.6 is 11.6 Å². The Kier molecular flexibility index (Phi) is 3.84. The van der Waals surface area contributed by atoms with Crippen molar-refractivity contribution < 1.29 is 9.50 Å². The molecule has 0 amide bonds. The lowest BCUT2D eigenvalue weighted by atomic mass is 10.2. The number of anilines is 2. The number of aromatic nitrogens is 3. The zero-order valence-electron chi connectivity index (χ0n) is 11.2. The Morgan fingerprint density at radius 2 is 1.91 bits per heavy atom. The third-order valence-corrected chi connectivity index (χ3v) is 3.12. The molecule has 0 bridgehead atoms. The van der Waals surface area contributed by atoms with E-state index in [0.717, 1.165) is 0 Å². The first kappa shape index (κ1) is 14.2. The van der Waals surface area contributed by atoms with E-state index >= 15 is 0 Å². The largest absolute Gasteiger partial charge is 0.503 e.